The molecule has 8 rings (SSSR count). The third kappa shape index (κ3) is 10.5. The smallest absolute Gasteiger partial charge is 0.388 e. The SMILES string of the molecule is Cc1cc2c(cc1C)N(C(=O)CCc1ccc(-c3ccccc3)cc1)c1c([nH]c(=O)[nH]c1=O)N2C[C@H](O)[C@H](O)[C@H](O)COP(=O)(O)OP(=O)(O)OC[C@H]1O[C@@H](n2cnc3c(N)ncnc32)[C@H](O)[C@@H]1O. The van der Waals surface area contributed by atoms with Crippen LogP contribution in [0, 0.1) is 13.8 Å². The summed E-state index contributed by atoms with van der Waals surface area (Å²) in [5.41, 5.74) is 8.55. The number of aromatic nitrogens is 6. The summed E-state index contributed by atoms with van der Waals surface area (Å²) in [7, 11) is -11.2. The van der Waals surface area contributed by atoms with Crippen LogP contribution >= 0.6 is 15.6 Å². The van der Waals surface area contributed by atoms with Gasteiger partial charge in [0.2, 0.25) is 5.91 Å². The van der Waals surface area contributed by atoms with Crippen LogP contribution in [-0.4, -0.2) is 127 Å². The van der Waals surface area contributed by atoms with Gasteiger partial charge in [-0.15, -0.1) is 0 Å². The predicted molar refractivity (Wildman–Crippen MR) is 244 cm³/mol. The van der Waals surface area contributed by atoms with Gasteiger partial charge in [-0.1, -0.05) is 54.6 Å². The van der Waals surface area contributed by atoms with Gasteiger partial charge < -0.3 is 50.7 Å². The number of hydrogen-bond donors (Lipinski definition) is 10. The summed E-state index contributed by atoms with van der Waals surface area (Å²) >= 11 is 0. The third-order valence-electron chi connectivity index (χ3n) is 11.6. The minimum atomic E-state index is -5.62. The molecule has 3 aromatic carbocycles. The number of aliphatic hydroxyl groups is 5. The number of nitrogens with one attached hydrogen (secondary N) is 2. The number of nitrogens with zero attached hydrogens (tertiary/aromatic N) is 6. The zero-order chi connectivity index (χ0) is 49.5. The number of imidazole rings is 1. The minimum Gasteiger partial charge on any atom is -0.388 e. The van der Waals surface area contributed by atoms with Gasteiger partial charge in [0.25, 0.3) is 5.56 Å². The summed E-state index contributed by atoms with van der Waals surface area (Å²) in [4.78, 5) is 80.1. The number of phosphoric ester groups is 2. The van der Waals surface area contributed by atoms with Gasteiger partial charge in [0.1, 0.15) is 54.3 Å². The molecule has 0 spiro atoms. The van der Waals surface area contributed by atoms with Crippen LogP contribution in [0.3, 0.4) is 0 Å². The highest BCUT2D eigenvalue weighted by Gasteiger charge is 2.47. The number of carbonyl (C=O) groups is 1. The molecule has 2 unspecified atom stereocenters. The number of aromatic amines is 2. The van der Waals surface area contributed by atoms with E-state index < -0.39 is 95.4 Å². The molecule has 1 amide bonds. The first kappa shape index (κ1) is 49.4. The summed E-state index contributed by atoms with van der Waals surface area (Å²) in [5.74, 6) is -0.725. The van der Waals surface area contributed by atoms with Crippen molar-refractivity contribution >= 4 is 61.4 Å². The summed E-state index contributed by atoms with van der Waals surface area (Å²) in [5, 5.41) is 54.4. The Morgan fingerprint density at radius 1 is 0.870 bits per heavy atom. The number of carbonyl (C=O) groups excluding carboxylic acids is 1. The van der Waals surface area contributed by atoms with Gasteiger partial charge in [-0.3, -0.25) is 38.1 Å². The maximum absolute atomic E-state index is 14.2. The van der Waals surface area contributed by atoms with Crippen LogP contribution in [0.1, 0.15) is 29.3 Å². The zero-order valence-corrected chi connectivity index (χ0v) is 38.3. The van der Waals surface area contributed by atoms with Gasteiger partial charge in [-0.05, 0) is 60.2 Å². The number of ether oxygens (including phenoxy) is 1. The number of aryl methyl sites for hydroxylation is 3. The van der Waals surface area contributed by atoms with Crippen LogP contribution in [0.5, 0.6) is 0 Å². The van der Waals surface area contributed by atoms with Crippen molar-refractivity contribution < 1.29 is 67.3 Å². The molecule has 69 heavy (non-hydrogen) atoms. The average molecular weight is 996 g/mol. The van der Waals surface area contributed by atoms with Gasteiger partial charge in [0.05, 0.1) is 37.5 Å². The number of H-pyrrole nitrogens is 2. The molecule has 5 heterocycles. The summed E-state index contributed by atoms with van der Waals surface area (Å²) in [6, 6.07) is 20.7. The van der Waals surface area contributed by atoms with Crippen LogP contribution in [0.4, 0.5) is 28.7 Å². The van der Waals surface area contributed by atoms with E-state index in [9.17, 15) is 58.8 Å². The largest absolute Gasteiger partial charge is 0.481 e. The van der Waals surface area contributed by atoms with Crippen molar-refractivity contribution in [3.05, 3.63) is 117 Å². The van der Waals surface area contributed by atoms with Crippen LogP contribution in [-0.2, 0) is 38.4 Å². The summed E-state index contributed by atoms with van der Waals surface area (Å²) in [6.07, 6.45) is -10.1. The van der Waals surface area contributed by atoms with E-state index in [-0.39, 0.29) is 52.7 Å². The van der Waals surface area contributed by atoms with Gasteiger partial charge >= 0.3 is 21.3 Å². The first-order valence-electron chi connectivity index (χ1n) is 21.1. The highest BCUT2D eigenvalue weighted by atomic mass is 31.3. The molecule has 2 aliphatic heterocycles. The molecular formula is C42H47N9O16P2. The Kier molecular flexibility index (Phi) is 14.2. The number of anilines is 5. The fourth-order valence-corrected chi connectivity index (χ4v) is 10.0. The molecule has 6 aromatic rings. The fraction of sp³-hybridized carbons (Fsp3) is 0.333. The second-order valence-electron chi connectivity index (χ2n) is 16.3. The minimum absolute atomic E-state index is 0.0204. The fourth-order valence-electron chi connectivity index (χ4n) is 7.92. The lowest BCUT2D eigenvalue weighted by atomic mass is 10.00. The van der Waals surface area contributed by atoms with Crippen LogP contribution in [0.2, 0.25) is 0 Å². The van der Waals surface area contributed by atoms with Crippen molar-refractivity contribution in [1.29, 1.82) is 0 Å². The van der Waals surface area contributed by atoms with E-state index in [1.807, 2.05) is 54.6 Å². The number of fused-ring (bicyclic) bond motifs is 3. The molecule has 1 saturated heterocycles. The van der Waals surface area contributed by atoms with Crippen molar-refractivity contribution in [2.75, 3.05) is 35.3 Å². The van der Waals surface area contributed by atoms with Gasteiger partial charge in [-0.25, -0.2) is 28.9 Å². The van der Waals surface area contributed by atoms with Crippen molar-refractivity contribution in [1.82, 2.24) is 29.5 Å². The maximum atomic E-state index is 14.2. The van der Waals surface area contributed by atoms with E-state index in [0.717, 1.165) is 23.0 Å². The van der Waals surface area contributed by atoms with E-state index in [2.05, 4.69) is 33.8 Å². The molecule has 0 bridgehead atoms. The molecule has 366 valence electrons. The van der Waals surface area contributed by atoms with E-state index in [1.165, 1.54) is 20.7 Å². The molecular weight excluding hydrogens is 948 g/mol. The van der Waals surface area contributed by atoms with Gasteiger partial charge in [0, 0.05) is 6.42 Å². The lowest BCUT2D eigenvalue weighted by Crippen LogP contribution is -2.48. The number of rotatable bonds is 17. The number of β-amino-alcohol motifs (C(OH)–C–C–N with tert-alkyl or cyclic N) is 1. The van der Waals surface area contributed by atoms with Crippen LogP contribution in [0.15, 0.2) is 89.0 Å². The Morgan fingerprint density at radius 3 is 2.25 bits per heavy atom. The highest BCUT2D eigenvalue weighted by molar-refractivity contribution is 7.61. The Balaban J connectivity index is 0.911. The molecule has 9 atom stereocenters. The lowest BCUT2D eigenvalue weighted by molar-refractivity contribution is -0.117. The second-order valence-corrected chi connectivity index (χ2v) is 19.3. The molecule has 1 fully saturated rings. The maximum Gasteiger partial charge on any atom is 0.481 e. The second kappa shape index (κ2) is 19.8. The number of benzene rings is 3. The van der Waals surface area contributed by atoms with E-state index in [0.29, 0.717) is 11.1 Å². The number of nitrogen functional groups attached to an aromatic ring is 1. The molecule has 25 nitrogen and oxygen atoms in total. The van der Waals surface area contributed by atoms with Crippen molar-refractivity contribution in [3.8, 4) is 11.1 Å². The monoisotopic (exact) mass is 995 g/mol. The number of amides is 1. The lowest BCUT2D eigenvalue weighted by Gasteiger charge is -2.39. The average Bonchev–Trinajstić information content (AvgIpc) is 3.87. The Labute approximate surface area is 390 Å². The number of aliphatic hydroxyl groups excluding tert-OH is 5. The summed E-state index contributed by atoms with van der Waals surface area (Å²) < 4.78 is 46.1. The standard InChI is InChI=1S/C42H47N9O16P2/c1-21-14-26-27(15-22(21)2)51(31(54)13-10-23-8-11-25(12-9-23)24-6-4-3-5-7-24)33-39(47-42(59)48-40(33)58)49(26)16-28(52)34(55)29(53)17-64-68(60,61)67-69(62,63)65-18-30-35(56)36(57)41(66-30)50-20-46-32-37(43)44-19-45-38(32)50/h3-9,11-12,14-15,19-20,28-30,34-36,41,52-53,55-57H,10,13,16-18H2,1-2H3,(H,60,61)(H,62,63)(H2,43,44,45)(H2,47,48,58,59)/t28-,29+,30+,34-,35+,36+,41+/m0/s1. The van der Waals surface area contributed by atoms with E-state index in [1.54, 1.807) is 26.0 Å². The Bertz CT molecular complexity index is 3080. The zero-order valence-electron chi connectivity index (χ0n) is 36.5. The Hall–Kier alpha value is -6.02. The number of nitrogens with two attached hydrogens (primary N) is 1. The first-order valence-corrected chi connectivity index (χ1v) is 24.1. The van der Waals surface area contributed by atoms with Crippen LogP contribution < -0.4 is 26.8 Å². The van der Waals surface area contributed by atoms with E-state index >= 15 is 0 Å². The predicted octanol–water partition coefficient (Wildman–Crippen LogP) is 1.47. The molecule has 0 radical (unpaired) electrons. The topological polar surface area (TPSA) is 372 Å². The highest BCUT2D eigenvalue weighted by Crippen LogP contribution is 2.60. The molecule has 3 aromatic heterocycles. The number of phosphoric acid groups is 2. The quantitative estimate of drug-likeness (QED) is 0.0578. The molecule has 11 N–H and O–H groups in total. The van der Waals surface area contributed by atoms with Crippen molar-refractivity contribution in [2.24, 2.45) is 0 Å². The van der Waals surface area contributed by atoms with Crippen molar-refractivity contribution in [3.63, 3.8) is 0 Å². The van der Waals surface area contributed by atoms with Crippen LogP contribution in [0.25, 0.3) is 22.3 Å². The molecule has 2 aliphatic rings. The number of hydrogen-bond acceptors (Lipinski definition) is 19. The van der Waals surface area contributed by atoms with Gasteiger partial charge in [-0.2, -0.15) is 4.31 Å². The molecule has 0 aliphatic carbocycles. The Morgan fingerprint density at radius 2 is 1.54 bits per heavy atom. The van der Waals surface area contributed by atoms with E-state index in [4.69, 9.17) is 15.0 Å². The first-order chi connectivity index (χ1) is 32.7. The molecule has 0 saturated carbocycles. The third-order valence-corrected chi connectivity index (χ3v) is 14.2. The molecule has 27 heteroatoms. The summed E-state index contributed by atoms with van der Waals surface area (Å²) in [6.45, 7) is 0.616. The van der Waals surface area contributed by atoms with Crippen molar-refractivity contribution in [2.45, 2.75) is 69.5 Å². The normalized spacial score (nSPS) is 21.0. The van der Waals surface area contributed by atoms with Gasteiger partial charge in [0.15, 0.2) is 23.4 Å².